The van der Waals surface area contributed by atoms with Gasteiger partial charge in [0.1, 0.15) is 5.56 Å². The van der Waals surface area contributed by atoms with Crippen LogP contribution >= 0.6 is 0 Å². The van der Waals surface area contributed by atoms with Crippen molar-refractivity contribution in [2.24, 2.45) is 7.05 Å². The Balaban J connectivity index is 1.31. The van der Waals surface area contributed by atoms with Gasteiger partial charge in [-0.15, -0.1) is 5.10 Å². The predicted octanol–water partition coefficient (Wildman–Crippen LogP) is 4.92. The summed E-state index contributed by atoms with van der Waals surface area (Å²) in [6.07, 6.45) is 13.2. The average Bonchev–Trinajstić information content (AvgIpc) is 3.46. The van der Waals surface area contributed by atoms with Crippen LogP contribution in [0.1, 0.15) is 89.4 Å². The lowest BCUT2D eigenvalue weighted by Gasteiger charge is -2.35. The molecule has 3 aromatic heterocycles. The normalized spacial score (nSPS) is 20.2. The van der Waals surface area contributed by atoms with Gasteiger partial charge in [0.05, 0.1) is 35.9 Å². The molecule has 1 amide bonds. The molecule has 1 aliphatic heterocycles. The molecule has 10 nitrogen and oxygen atoms in total. The largest absolute Gasteiger partial charge is 0.465 e. The molecule has 4 aromatic rings. The third-order valence-corrected chi connectivity index (χ3v) is 8.27. The van der Waals surface area contributed by atoms with Gasteiger partial charge in [-0.2, -0.15) is 5.10 Å². The van der Waals surface area contributed by atoms with Crippen molar-refractivity contribution in [3.63, 3.8) is 0 Å². The number of hydrogen-bond acceptors (Lipinski definition) is 7. The Morgan fingerprint density at radius 3 is 2.73 bits per heavy atom. The highest BCUT2D eigenvalue weighted by atomic mass is 16.5. The Kier molecular flexibility index (Phi) is 7.38. The lowest BCUT2D eigenvalue weighted by atomic mass is 9.97. The van der Waals surface area contributed by atoms with E-state index in [0.29, 0.717) is 17.2 Å². The van der Waals surface area contributed by atoms with Gasteiger partial charge < -0.3 is 9.64 Å². The average molecular weight is 554 g/mol. The van der Waals surface area contributed by atoms with E-state index in [1.54, 1.807) is 23.3 Å². The first-order valence-electron chi connectivity index (χ1n) is 14.4. The number of aromatic nitrogens is 6. The summed E-state index contributed by atoms with van der Waals surface area (Å²) in [6.45, 7) is 2.97. The van der Waals surface area contributed by atoms with Crippen molar-refractivity contribution in [3.8, 4) is 16.8 Å². The van der Waals surface area contributed by atoms with Crippen molar-refractivity contribution in [2.45, 2.75) is 63.3 Å². The van der Waals surface area contributed by atoms with Gasteiger partial charge in [0.15, 0.2) is 0 Å². The summed E-state index contributed by atoms with van der Waals surface area (Å²) in [6, 6.07) is 10.2. The van der Waals surface area contributed by atoms with E-state index < -0.39 is 5.97 Å². The fourth-order valence-corrected chi connectivity index (χ4v) is 6.15. The minimum absolute atomic E-state index is 0.0505. The molecule has 10 heteroatoms. The van der Waals surface area contributed by atoms with Crippen molar-refractivity contribution in [3.05, 3.63) is 77.6 Å². The zero-order valence-electron chi connectivity index (χ0n) is 23.7. The molecule has 3 atom stereocenters. The zero-order valence-corrected chi connectivity index (χ0v) is 23.7. The highest BCUT2D eigenvalue weighted by Gasteiger charge is 2.46. The van der Waals surface area contributed by atoms with Crippen LogP contribution in [0.4, 0.5) is 0 Å². The van der Waals surface area contributed by atoms with Crippen LogP contribution in [-0.2, 0) is 11.8 Å². The molecule has 0 radical (unpaired) electrons. The minimum atomic E-state index is -0.415. The summed E-state index contributed by atoms with van der Waals surface area (Å²) in [4.78, 5) is 32.7. The Bertz CT molecular complexity index is 1570. The molecule has 1 aromatic carbocycles. The van der Waals surface area contributed by atoms with Crippen molar-refractivity contribution < 1.29 is 14.3 Å². The molecule has 0 N–H and O–H groups in total. The summed E-state index contributed by atoms with van der Waals surface area (Å²) in [5, 5.41) is 13.0. The maximum absolute atomic E-state index is 13.5. The summed E-state index contributed by atoms with van der Waals surface area (Å²) in [7, 11) is 3.23. The standard InChI is InChI=1S/C31H35N7O3/c1-4-8-23-10-5-6-12-37(23)30(39)22-13-21(16-32-17-22)20-9-7-11-24(14-20)38-29(27(18-33-38)31(40)41-3)26-15-25(26)28-19-36(2)35-34-28/h7,9,11,13-14,16-19,23,25-26H,4-6,8,10,12,15H2,1-3H3/t23-,25?,26?/m1/s1. The molecule has 0 bridgehead atoms. The number of piperidine rings is 1. The first-order valence-corrected chi connectivity index (χ1v) is 14.4. The summed E-state index contributed by atoms with van der Waals surface area (Å²) < 4.78 is 8.59. The van der Waals surface area contributed by atoms with Crippen LogP contribution in [0.5, 0.6) is 0 Å². The van der Waals surface area contributed by atoms with Gasteiger partial charge >= 0.3 is 5.97 Å². The number of benzene rings is 1. The van der Waals surface area contributed by atoms with Crippen molar-refractivity contribution in [2.75, 3.05) is 13.7 Å². The number of pyridine rings is 1. The van der Waals surface area contributed by atoms with E-state index in [1.807, 2.05) is 53.2 Å². The molecule has 6 rings (SSSR count). The van der Waals surface area contributed by atoms with Crippen LogP contribution in [0.15, 0.2) is 55.1 Å². The number of carbonyl (C=O) groups is 2. The first kappa shape index (κ1) is 26.9. The Labute approximate surface area is 239 Å². The second-order valence-electron chi connectivity index (χ2n) is 11.1. The molecule has 0 spiro atoms. The molecular weight excluding hydrogens is 518 g/mol. The molecule has 2 fully saturated rings. The third kappa shape index (κ3) is 5.26. The molecule has 1 aliphatic carbocycles. The number of ether oxygens (including phenoxy) is 1. The maximum Gasteiger partial charge on any atom is 0.341 e. The quantitative estimate of drug-likeness (QED) is 0.285. The van der Waals surface area contributed by atoms with E-state index in [-0.39, 0.29) is 17.7 Å². The second-order valence-corrected chi connectivity index (χ2v) is 11.1. The summed E-state index contributed by atoms with van der Waals surface area (Å²) in [5.41, 5.74) is 5.34. The molecule has 4 heterocycles. The van der Waals surface area contributed by atoms with E-state index in [4.69, 9.17) is 4.74 Å². The predicted molar refractivity (Wildman–Crippen MR) is 153 cm³/mol. The van der Waals surface area contributed by atoms with E-state index >= 15 is 0 Å². The van der Waals surface area contributed by atoms with Crippen LogP contribution in [0.2, 0.25) is 0 Å². The smallest absolute Gasteiger partial charge is 0.341 e. The highest BCUT2D eigenvalue weighted by molar-refractivity contribution is 5.95. The van der Waals surface area contributed by atoms with E-state index in [2.05, 4.69) is 27.3 Å². The number of amides is 1. The van der Waals surface area contributed by atoms with Gasteiger partial charge in [0.25, 0.3) is 5.91 Å². The summed E-state index contributed by atoms with van der Waals surface area (Å²) in [5.74, 6) is -0.143. The van der Waals surface area contributed by atoms with Crippen molar-refractivity contribution >= 4 is 11.9 Å². The van der Waals surface area contributed by atoms with E-state index in [9.17, 15) is 9.59 Å². The zero-order chi connectivity index (χ0) is 28.5. The summed E-state index contributed by atoms with van der Waals surface area (Å²) >= 11 is 0. The molecule has 2 unspecified atom stereocenters. The van der Waals surface area contributed by atoms with Crippen LogP contribution in [0.3, 0.4) is 0 Å². The van der Waals surface area contributed by atoms with Crippen LogP contribution < -0.4 is 0 Å². The lowest BCUT2D eigenvalue weighted by Crippen LogP contribution is -2.43. The monoisotopic (exact) mass is 553 g/mol. The van der Waals surface area contributed by atoms with Crippen molar-refractivity contribution in [1.29, 1.82) is 0 Å². The number of likely N-dealkylation sites (tertiary alicyclic amines) is 1. The van der Waals surface area contributed by atoms with Crippen LogP contribution in [-0.4, -0.2) is 66.2 Å². The minimum Gasteiger partial charge on any atom is -0.465 e. The fraction of sp³-hybridized carbons (Fsp3) is 0.419. The topological polar surface area (TPSA) is 108 Å². The molecule has 2 aliphatic rings. The SMILES string of the molecule is CCC[C@@H]1CCCCN1C(=O)c1cncc(-c2cccc(-n3ncc(C(=O)OC)c3C3CC3c3cn(C)nn3)c2)c1. The number of rotatable bonds is 8. The number of methoxy groups -OCH3 is 1. The van der Waals surface area contributed by atoms with Crippen LogP contribution in [0.25, 0.3) is 16.8 Å². The molecule has 212 valence electrons. The Morgan fingerprint density at radius 1 is 1.07 bits per heavy atom. The number of nitrogens with zero attached hydrogens (tertiary/aromatic N) is 7. The van der Waals surface area contributed by atoms with E-state index in [1.165, 1.54) is 13.5 Å². The number of carbonyl (C=O) groups excluding carboxylic acids is 2. The number of hydrogen-bond donors (Lipinski definition) is 0. The highest BCUT2D eigenvalue weighted by Crippen LogP contribution is 2.55. The van der Waals surface area contributed by atoms with E-state index in [0.717, 1.165) is 66.9 Å². The van der Waals surface area contributed by atoms with Crippen LogP contribution in [0, 0.1) is 0 Å². The lowest BCUT2D eigenvalue weighted by molar-refractivity contribution is 0.0591. The van der Waals surface area contributed by atoms with Gasteiger partial charge in [-0.1, -0.05) is 30.7 Å². The number of aryl methyl sites for hydroxylation is 1. The second kappa shape index (κ2) is 11.3. The van der Waals surface area contributed by atoms with Gasteiger partial charge in [-0.05, 0) is 55.9 Å². The molecule has 1 saturated carbocycles. The van der Waals surface area contributed by atoms with Gasteiger partial charge in [0, 0.05) is 55.6 Å². The van der Waals surface area contributed by atoms with Gasteiger partial charge in [0.2, 0.25) is 0 Å². The molecular formula is C31H35N7O3. The fourth-order valence-electron chi connectivity index (χ4n) is 6.15. The third-order valence-electron chi connectivity index (χ3n) is 8.27. The number of esters is 1. The van der Waals surface area contributed by atoms with Crippen molar-refractivity contribution in [1.82, 2.24) is 34.7 Å². The molecule has 41 heavy (non-hydrogen) atoms. The Morgan fingerprint density at radius 2 is 1.95 bits per heavy atom. The van der Waals surface area contributed by atoms with Gasteiger partial charge in [-0.3, -0.25) is 14.5 Å². The van der Waals surface area contributed by atoms with Gasteiger partial charge in [-0.25, -0.2) is 9.48 Å². The maximum atomic E-state index is 13.5. The molecule has 1 saturated heterocycles. The first-order chi connectivity index (χ1) is 20.0. The Hall–Kier alpha value is -4.34.